The number of esters is 1. The summed E-state index contributed by atoms with van der Waals surface area (Å²) in [4.78, 5) is 25.8. The molecule has 1 saturated heterocycles. The van der Waals surface area contributed by atoms with Crippen molar-refractivity contribution < 1.29 is 23.8 Å². The smallest absolute Gasteiger partial charge is 0.331 e. The van der Waals surface area contributed by atoms with Crippen LogP contribution >= 0.6 is 0 Å². The summed E-state index contributed by atoms with van der Waals surface area (Å²) in [5, 5.41) is 0. The zero-order valence-electron chi connectivity index (χ0n) is 14.3. The molecular weight excluding hydrogens is 310 g/mol. The van der Waals surface area contributed by atoms with E-state index in [0.717, 1.165) is 25.9 Å². The van der Waals surface area contributed by atoms with Crippen LogP contribution in [0.25, 0.3) is 6.08 Å². The molecule has 1 amide bonds. The van der Waals surface area contributed by atoms with E-state index in [2.05, 4.69) is 0 Å². The topological polar surface area (TPSA) is 65.1 Å². The highest BCUT2D eigenvalue weighted by Crippen LogP contribution is 2.25. The number of methoxy groups -OCH3 is 2. The van der Waals surface area contributed by atoms with E-state index >= 15 is 0 Å². The lowest BCUT2D eigenvalue weighted by molar-refractivity contribution is -0.154. The van der Waals surface area contributed by atoms with Gasteiger partial charge in [-0.05, 0) is 38.0 Å². The van der Waals surface area contributed by atoms with Crippen molar-refractivity contribution in [2.24, 2.45) is 0 Å². The Morgan fingerprint density at radius 1 is 1.17 bits per heavy atom. The molecule has 0 N–H and O–H groups in total. The normalized spacial score (nSPS) is 15.4. The molecular formula is C18H23NO5. The average Bonchev–Trinajstić information content (AvgIpc) is 3.13. The Morgan fingerprint density at radius 3 is 2.50 bits per heavy atom. The van der Waals surface area contributed by atoms with E-state index in [1.54, 1.807) is 50.3 Å². The quantitative estimate of drug-likeness (QED) is 0.590. The number of hydrogen-bond acceptors (Lipinski definition) is 5. The third kappa shape index (κ3) is 4.50. The molecule has 1 aliphatic rings. The van der Waals surface area contributed by atoms with Gasteiger partial charge in [0.2, 0.25) is 0 Å². The van der Waals surface area contributed by atoms with Crippen LogP contribution in [-0.2, 0) is 14.3 Å². The maximum atomic E-state index is 12.1. The molecule has 0 spiro atoms. The lowest BCUT2D eigenvalue weighted by Crippen LogP contribution is -2.37. The van der Waals surface area contributed by atoms with Crippen molar-refractivity contribution in [3.05, 3.63) is 29.8 Å². The lowest BCUT2D eigenvalue weighted by Gasteiger charge is -2.19. The number of nitrogens with zero attached hydrogens (tertiary/aromatic N) is 1. The number of carbonyl (C=O) groups excluding carboxylic acids is 2. The Labute approximate surface area is 142 Å². The molecule has 1 heterocycles. The highest BCUT2D eigenvalue weighted by Gasteiger charge is 2.25. The molecule has 6 nitrogen and oxygen atoms in total. The first-order chi connectivity index (χ1) is 11.5. The monoisotopic (exact) mass is 333 g/mol. The summed E-state index contributed by atoms with van der Waals surface area (Å²) in [7, 11) is 3.11. The summed E-state index contributed by atoms with van der Waals surface area (Å²) in [6.45, 7) is 3.07. The van der Waals surface area contributed by atoms with Crippen LogP contribution in [0.4, 0.5) is 0 Å². The largest absolute Gasteiger partial charge is 0.497 e. The molecule has 0 unspecified atom stereocenters. The molecule has 1 atom stereocenters. The molecule has 0 aliphatic carbocycles. The molecule has 1 aromatic carbocycles. The highest BCUT2D eigenvalue weighted by atomic mass is 16.5. The average molecular weight is 333 g/mol. The van der Waals surface area contributed by atoms with Crippen molar-refractivity contribution >= 4 is 18.0 Å². The minimum absolute atomic E-state index is 0.142. The van der Waals surface area contributed by atoms with E-state index in [1.807, 2.05) is 0 Å². The Morgan fingerprint density at radius 2 is 1.88 bits per heavy atom. The van der Waals surface area contributed by atoms with Crippen LogP contribution in [0.5, 0.6) is 11.5 Å². The molecule has 1 aromatic rings. The second-order valence-corrected chi connectivity index (χ2v) is 5.55. The number of benzene rings is 1. The van der Waals surface area contributed by atoms with Crippen LogP contribution in [0.2, 0.25) is 0 Å². The molecule has 24 heavy (non-hydrogen) atoms. The van der Waals surface area contributed by atoms with E-state index in [4.69, 9.17) is 14.2 Å². The maximum absolute atomic E-state index is 12.1. The van der Waals surface area contributed by atoms with Crippen molar-refractivity contribution in [2.45, 2.75) is 25.9 Å². The third-order valence-corrected chi connectivity index (χ3v) is 3.90. The van der Waals surface area contributed by atoms with Crippen molar-refractivity contribution in [1.82, 2.24) is 4.90 Å². The Bertz CT molecular complexity index is 620. The minimum Gasteiger partial charge on any atom is -0.497 e. The van der Waals surface area contributed by atoms with Gasteiger partial charge in [-0.25, -0.2) is 4.79 Å². The summed E-state index contributed by atoms with van der Waals surface area (Å²) in [5.74, 6) is 0.542. The van der Waals surface area contributed by atoms with Crippen LogP contribution in [0.3, 0.4) is 0 Å². The maximum Gasteiger partial charge on any atom is 0.331 e. The number of hydrogen-bond donors (Lipinski definition) is 0. The van der Waals surface area contributed by atoms with Crippen LogP contribution in [0.15, 0.2) is 24.3 Å². The molecule has 0 saturated carbocycles. The van der Waals surface area contributed by atoms with E-state index < -0.39 is 12.1 Å². The molecule has 1 aliphatic heterocycles. The van der Waals surface area contributed by atoms with E-state index in [1.165, 1.54) is 6.08 Å². The number of carbonyl (C=O) groups is 2. The van der Waals surface area contributed by atoms with Crippen molar-refractivity contribution in [2.75, 3.05) is 27.3 Å². The Kier molecular flexibility index (Phi) is 6.23. The number of likely N-dealkylation sites (tertiary alicyclic amines) is 1. The first-order valence-corrected chi connectivity index (χ1v) is 7.94. The van der Waals surface area contributed by atoms with Gasteiger partial charge in [0.05, 0.1) is 14.2 Å². The Hall–Kier alpha value is -2.50. The van der Waals surface area contributed by atoms with Gasteiger partial charge in [-0.2, -0.15) is 0 Å². The van der Waals surface area contributed by atoms with E-state index in [0.29, 0.717) is 17.1 Å². The van der Waals surface area contributed by atoms with Crippen molar-refractivity contribution in [1.29, 1.82) is 0 Å². The van der Waals surface area contributed by atoms with Crippen LogP contribution in [-0.4, -0.2) is 50.2 Å². The van der Waals surface area contributed by atoms with Crippen molar-refractivity contribution in [3.63, 3.8) is 0 Å². The highest BCUT2D eigenvalue weighted by molar-refractivity contribution is 5.90. The fourth-order valence-corrected chi connectivity index (χ4v) is 2.57. The fourth-order valence-electron chi connectivity index (χ4n) is 2.57. The molecule has 0 radical (unpaired) electrons. The zero-order chi connectivity index (χ0) is 17.5. The van der Waals surface area contributed by atoms with Crippen LogP contribution in [0.1, 0.15) is 25.3 Å². The molecule has 6 heteroatoms. The molecule has 0 aromatic heterocycles. The van der Waals surface area contributed by atoms with Gasteiger partial charge in [0.1, 0.15) is 11.5 Å². The van der Waals surface area contributed by atoms with E-state index in [-0.39, 0.29) is 5.91 Å². The third-order valence-electron chi connectivity index (χ3n) is 3.90. The zero-order valence-corrected chi connectivity index (χ0v) is 14.3. The summed E-state index contributed by atoms with van der Waals surface area (Å²) in [6, 6.07) is 5.28. The summed E-state index contributed by atoms with van der Waals surface area (Å²) in [6.07, 6.45) is 4.11. The van der Waals surface area contributed by atoms with E-state index in [9.17, 15) is 9.59 Å². The molecule has 130 valence electrons. The van der Waals surface area contributed by atoms with Gasteiger partial charge < -0.3 is 19.1 Å². The Balaban J connectivity index is 1.96. The van der Waals surface area contributed by atoms with Gasteiger partial charge in [0.15, 0.2) is 6.10 Å². The van der Waals surface area contributed by atoms with Crippen molar-refractivity contribution in [3.8, 4) is 11.5 Å². The molecule has 1 fully saturated rings. The molecule has 2 rings (SSSR count). The standard InChI is InChI=1S/C18H23NO5/c1-13(18(21)19-10-4-5-11-19)24-17(20)9-7-14-6-8-15(22-2)12-16(14)23-3/h6-9,12-13H,4-5,10-11H2,1-3H3/b9-7+/t13-/m1/s1. The number of ether oxygens (including phenoxy) is 3. The van der Waals surface area contributed by atoms with Gasteiger partial charge in [-0.1, -0.05) is 0 Å². The predicted molar refractivity (Wildman–Crippen MR) is 89.9 cm³/mol. The summed E-state index contributed by atoms with van der Waals surface area (Å²) in [5.41, 5.74) is 0.716. The summed E-state index contributed by atoms with van der Waals surface area (Å²) < 4.78 is 15.6. The second kappa shape index (κ2) is 8.38. The number of amides is 1. The summed E-state index contributed by atoms with van der Waals surface area (Å²) >= 11 is 0. The predicted octanol–water partition coefficient (Wildman–Crippen LogP) is 2.27. The van der Waals surface area contributed by atoms with Gasteiger partial charge in [-0.3, -0.25) is 4.79 Å². The number of rotatable bonds is 6. The lowest BCUT2D eigenvalue weighted by atomic mass is 10.1. The SMILES string of the molecule is COc1ccc(/C=C/C(=O)O[C@H](C)C(=O)N2CCCC2)c(OC)c1. The van der Waals surface area contributed by atoms with Gasteiger partial charge >= 0.3 is 5.97 Å². The minimum atomic E-state index is -0.780. The molecule has 0 bridgehead atoms. The van der Waals surface area contributed by atoms with Crippen LogP contribution < -0.4 is 9.47 Å². The fraction of sp³-hybridized carbons (Fsp3) is 0.444. The van der Waals surface area contributed by atoms with Gasteiger partial charge in [0.25, 0.3) is 5.91 Å². The second-order valence-electron chi connectivity index (χ2n) is 5.55. The van der Waals surface area contributed by atoms with Gasteiger partial charge in [-0.15, -0.1) is 0 Å². The first-order valence-electron chi connectivity index (χ1n) is 7.94. The van der Waals surface area contributed by atoms with Crippen LogP contribution in [0, 0.1) is 0 Å². The van der Waals surface area contributed by atoms with Gasteiger partial charge in [0, 0.05) is 30.8 Å². The first kappa shape index (κ1) is 17.8.